The zero-order chi connectivity index (χ0) is 23.0. The molecule has 1 heterocycles. The Morgan fingerprint density at radius 3 is 1.65 bits per heavy atom. The standard InChI is InChI=1S/C18H22O.C7H9N3OS/c1-11-7-13(3)17(14(4)8-11)19-18-15(5)9-12(2)10-16(18)6;11-2-1-10-7(12)6-3-8-5-9-4-6/h7-10H,1-6H3;3-5,11H,1-2H2,(H,10,12). The van der Waals surface area contributed by atoms with Gasteiger partial charge in [0, 0.05) is 24.5 Å². The Morgan fingerprint density at radius 2 is 1.26 bits per heavy atom. The minimum Gasteiger partial charge on any atom is -0.456 e. The molecule has 0 unspecified atom stereocenters. The number of aromatic nitrogens is 2. The molecule has 6 heteroatoms. The molecule has 0 saturated heterocycles. The second-order valence-electron chi connectivity index (χ2n) is 7.66. The summed E-state index contributed by atoms with van der Waals surface area (Å²) in [4.78, 5) is 8.19. The third-order valence-electron chi connectivity index (χ3n) is 4.63. The van der Waals surface area contributed by atoms with E-state index in [0.717, 1.165) is 17.1 Å². The molecular formula is C25H31N3O2S. The van der Waals surface area contributed by atoms with Crippen molar-refractivity contribution in [2.75, 3.05) is 13.2 Å². The predicted molar refractivity (Wildman–Crippen MR) is 130 cm³/mol. The summed E-state index contributed by atoms with van der Waals surface area (Å²) in [6.07, 6.45) is 4.69. The van der Waals surface area contributed by atoms with Crippen LogP contribution in [0.2, 0.25) is 0 Å². The van der Waals surface area contributed by atoms with Crippen molar-refractivity contribution in [3.63, 3.8) is 0 Å². The lowest BCUT2D eigenvalue weighted by Crippen LogP contribution is -2.25. The number of benzene rings is 2. The molecule has 0 bridgehead atoms. The molecular weight excluding hydrogens is 406 g/mol. The van der Waals surface area contributed by atoms with Gasteiger partial charge in [0.2, 0.25) is 0 Å². The number of thiocarbonyl (C=S) groups is 1. The van der Waals surface area contributed by atoms with Gasteiger partial charge < -0.3 is 15.2 Å². The van der Waals surface area contributed by atoms with E-state index in [4.69, 9.17) is 22.1 Å². The highest BCUT2D eigenvalue weighted by atomic mass is 32.1. The van der Waals surface area contributed by atoms with Crippen molar-refractivity contribution in [1.29, 1.82) is 0 Å². The average molecular weight is 438 g/mol. The Hall–Kier alpha value is -2.83. The first-order chi connectivity index (χ1) is 14.7. The first-order valence-corrected chi connectivity index (χ1v) is 10.6. The van der Waals surface area contributed by atoms with E-state index in [9.17, 15) is 0 Å². The first-order valence-electron chi connectivity index (χ1n) is 10.2. The summed E-state index contributed by atoms with van der Waals surface area (Å²) in [6, 6.07) is 8.67. The number of aliphatic hydroxyl groups excluding tert-OH is 1. The molecule has 0 fully saturated rings. The fraction of sp³-hybridized carbons (Fsp3) is 0.320. The molecule has 0 amide bonds. The Morgan fingerprint density at radius 1 is 0.839 bits per heavy atom. The smallest absolute Gasteiger partial charge is 0.133 e. The lowest BCUT2D eigenvalue weighted by atomic mass is 10.0. The van der Waals surface area contributed by atoms with Crippen molar-refractivity contribution in [3.8, 4) is 11.5 Å². The Balaban J connectivity index is 0.000000245. The van der Waals surface area contributed by atoms with E-state index >= 15 is 0 Å². The number of hydrogen-bond donors (Lipinski definition) is 2. The fourth-order valence-corrected chi connectivity index (χ4v) is 3.65. The number of nitrogens with zero attached hydrogens (tertiary/aromatic N) is 2. The van der Waals surface area contributed by atoms with Crippen LogP contribution in [0.1, 0.15) is 38.9 Å². The Labute approximate surface area is 190 Å². The summed E-state index contributed by atoms with van der Waals surface area (Å²) in [5.74, 6) is 1.97. The summed E-state index contributed by atoms with van der Waals surface area (Å²) in [7, 11) is 0. The number of rotatable bonds is 5. The van der Waals surface area contributed by atoms with Crippen molar-refractivity contribution in [2.24, 2.45) is 0 Å². The van der Waals surface area contributed by atoms with Gasteiger partial charge in [-0.3, -0.25) is 0 Å². The van der Waals surface area contributed by atoms with Crippen LogP contribution in [0.3, 0.4) is 0 Å². The summed E-state index contributed by atoms with van der Waals surface area (Å²) in [6.45, 7) is 13.2. The minimum atomic E-state index is 0.0633. The zero-order valence-electron chi connectivity index (χ0n) is 19.1. The highest BCUT2D eigenvalue weighted by Crippen LogP contribution is 2.34. The van der Waals surface area contributed by atoms with Gasteiger partial charge in [0.05, 0.1) is 6.61 Å². The molecule has 0 aliphatic rings. The topological polar surface area (TPSA) is 67.3 Å². The van der Waals surface area contributed by atoms with Crippen LogP contribution >= 0.6 is 12.2 Å². The van der Waals surface area contributed by atoms with Crippen molar-refractivity contribution in [1.82, 2.24) is 15.3 Å². The van der Waals surface area contributed by atoms with Gasteiger partial charge in [0.1, 0.15) is 22.8 Å². The van der Waals surface area contributed by atoms with E-state index in [-0.39, 0.29) is 6.61 Å². The van der Waals surface area contributed by atoms with Crippen molar-refractivity contribution in [3.05, 3.63) is 81.9 Å². The van der Waals surface area contributed by atoms with Crippen LogP contribution in [0.25, 0.3) is 0 Å². The molecule has 3 aromatic rings. The summed E-state index contributed by atoms with van der Waals surface area (Å²) in [5, 5.41) is 11.4. The van der Waals surface area contributed by atoms with E-state index in [1.807, 2.05) is 0 Å². The van der Waals surface area contributed by atoms with Crippen LogP contribution in [0.5, 0.6) is 11.5 Å². The van der Waals surface area contributed by atoms with Crippen molar-refractivity contribution >= 4 is 17.2 Å². The van der Waals surface area contributed by atoms with Gasteiger partial charge in [-0.25, -0.2) is 9.97 Å². The van der Waals surface area contributed by atoms with Crippen LogP contribution in [-0.4, -0.2) is 33.2 Å². The third kappa shape index (κ3) is 7.12. The number of hydrogen-bond acceptors (Lipinski definition) is 5. The maximum Gasteiger partial charge on any atom is 0.133 e. The first kappa shape index (κ1) is 24.4. The molecule has 0 atom stereocenters. The maximum absolute atomic E-state index is 8.51. The van der Waals surface area contributed by atoms with E-state index in [1.165, 1.54) is 39.7 Å². The molecule has 0 aliphatic carbocycles. The number of nitrogens with one attached hydrogen (secondary N) is 1. The summed E-state index contributed by atoms with van der Waals surface area (Å²) >= 11 is 4.98. The van der Waals surface area contributed by atoms with Crippen LogP contribution in [-0.2, 0) is 0 Å². The SMILES string of the molecule is Cc1cc(C)c(Oc2c(C)cc(C)cc2C)c(C)c1.OCCNC(=S)c1cncnc1. The quantitative estimate of drug-likeness (QED) is 0.544. The molecule has 3 rings (SSSR count). The Kier molecular flexibility index (Phi) is 9.09. The molecule has 0 radical (unpaired) electrons. The number of aryl methyl sites for hydroxylation is 6. The molecule has 1 aromatic heterocycles. The monoisotopic (exact) mass is 437 g/mol. The molecule has 164 valence electrons. The average Bonchev–Trinajstić information content (AvgIpc) is 2.71. The van der Waals surface area contributed by atoms with Gasteiger partial charge in [-0.2, -0.15) is 0 Å². The van der Waals surface area contributed by atoms with Gasteiger partial charge in [-0.05, 0) is 63.8 Å². The summed E-state index contributed by atoms with van der Waals surface area (Å²) < 4.78 is 6.21. The van der Waals surface area contributed by atoms with Crippen LogP contribution in [0.15, 0.2) is 43.0 Å². The van der Waals surface area contributed by atoms with E-state index in [2.05, 4.69) is 81.1 Å². The van der Waals surface area contributed by atoms with Crippen LogP contribution < -0.4 is 10.1 Å². The zero-order valence-corrected chi connectivity index (χ0v) is 19.9. The predicted octanol–water partition coefficient (Wildman–Crippen LogP) is 5.06. The second-order valence-corrected chi connectivity index (χ2v) is 8.07. The molecule has 0 aliphatic heterocycles. The molecule has 2 aromatic carbocycles. The molecule has 2 N–H and O–H groups in total. The molecule has 5 nitrogen and oxygen atoms in total. The minimum absolute atomic E-state index is 0.0633. The number of aliphatic hydroxyl groups is 1. The van der Waals surface area contributed by atoms with Gasteiger partial charge in [0.15, 0.2) is 0 Å². The van der Waals surface area contributed by atoms with Gasteiger partial charge in [0.25, 0.3) is 0 Å². The van der Waals surface area contributed by atoms with Gasteiger partial charge in [-0.1, -0.05) is 47.6 Å². The number of ether oxygens (including phenoxy) is 1. The van der Waals surface area contributed by atoms with E-state index < -0.39 is 0 Å². The molecule has 0 spiro atoms. The van der Waals surface area contributed by atoms with E-state index in [0.29, 0.717) is 11.5 Å². The van der Waals surface area contributed by atoms with Gasteiger partial charge >= 0.3 is 0 Å². The largest absolute Gasteiger partial charge is 0.456 e. The summed E-state index contributed by atoms with van der Waals surface area (Å²) in [5.41, 5.74) is 8.09. The normalized spacial score (nSPS) is 10.2. The second kappa shape index (κ2) is 11.5. The molecule has 31 heavy (non-hydrogen) atoms. The van der Waals surface area contributed by atoms with E-state index in [1.54, 1.807) is 12.4 Å². The molecule has 0 saturated carbocycles. The Bertz CT molecular complexity index is 935. The van der Waals surface area contributed by atoms with Crippen molar-refractivity contribution in [2.45, 2.75) is 41.5 Å². The third-order valence-corrected chi connectivity index (χ3v) is 5.01. The lowest BCUT2D eigenvalue weighted by molar-refractivity contribution is 0.301. The van der Waals surface area contributed by atoms with Crippen LogP contribution in [0, 0.1) is 41.5 Å². The highest BCUT2D eigenvalue weighted by Gasteiger charge is 2.11. The van der Waals surface area contributed by atoms with Gasteiger partial charge in [-0.15, -0.1) is 0 Å². The maximum atomic E-state index is 8.51. The highest BCUT2D eigenvalue weighted by molar-refractivity contribution is 7.80. The van der Waals surface area contributed by atoms with Crippen LogP contribution in [0.4, 0.5) is 0 Å². The fourth-order valence-electron chi connectivity index (χ4n) is 3.45. The van der Waals surface area contributed by atoms with Crippen molar-refractivity contribution < 1.29 is 9.84 Å². The lowest BCUT2D eigenvalue weighted by Gasteiger charge is -2.17.